The van der Waals surface area contributed by atoms with Crippen LogP contribution >= 0.6 is 0 Å². The van der Waals surface area contributed by atoms with Gasteiger partial charge in [0.25, 0.3) is 0 Å². The third kappa shape index (κ3) is 3.38. The first kappa shape index (κ1) is 20.1. The molecule has 2 nitrogen and oxygen atoms in total. The molecule has 5 rings (SSSR count). The monoisotopic (exact) mass is 416 g/mol. The van der Waals surface area contributed by atoms with Gasteiger partial charge in [-0.2, -0.15) is 0 Å². The molecule has 0 aliphatic heterocycles. The normalized spacial score (nSPS) is 11.1. The highest BCUT2D eigenvalue weighted by atomic mass is 15.1. The first-order chi connectivity index (χ1) is 15.5. The zero-order valence-corrected chi connectivity index (χ0v) is 19.1. The van der Waals surface area contributed by atoms with Gasteiger partial charge in [0, 0.05) is 39.6 Å². The molecule has 2 heteroatoms. The van der Waals surface area contributed by atoms with E-state index in [9.17, 15) is 0 Å². The van der Waals surface area contributed by atoms with E-state index in [1.807, 2.05) is 0 Å². The Hall–Kier alpha value is -3.78. The Morgan fingerprint density at radius 3 is 1.12 bits per heavy atom. The number of hydrogen-bond donors (Lipinski definition) is 0. The number of nitrogens with zero attached hydrogens (tertiary/aromatic N) is 2. The summed E-state index contributed by atoms with van der Waals surface area (Å²) in [6, 6.07) is 35.3. The van der Waals surface area contributed by atoms with Crippen molar-refractivity contribution in [2.45, 2.75) is 0 Å². The minimum atomic E-state index is 1.21. The Morgan fingerprint density at radius 1 is 0.406 bits per heavy atom. The van der Waals surface area contributed by atoms with E-state index in [4.69, 9.17) is 0 Å². The molecule has 0 unspecified atom stereocenters. The molecular weight excluding hydrogens is 388 g/mol. The third-order valence-electron chi connectivity index (χ3n) is 6.24. The molecule has 0 radical (unpaired) electrons. The minimum absolute atomic E-state index is 1.21. The van der Waals surface area contributed by atoms with Crippen LogP contribution in [0.5, 0.6) is 0 Å². The Morgan fingerprint density at radius 2 is 0.781 bits per heavy atom. The van der Waals surface area contributed by atoms with Gasteiger partial charge in [0.05, 0.1) is 0 Å². The first-order valence-corrected chi connectivity index (χ1v) is 11.0. The highest BCUT2D eigenvalue weighted by molar-refractivity contribution is 6.22. The molecule has 5 aromatic carbocycles. The smallest absolute Gasteiger partial charge is 0.0367 e. The number of hydrogen-bond acceptors (Lipinski definition) is 2. The molecule has 0 saturated carbocycles. The summed E-state index contributed by atoms with van der Waals surface area (Å²) >= 11 is 0. The van der Waals surface area contributed by atoms with Gasteiger partial charge in [0.2, 0.25) is 0 Å². The van der Waals surface area contributed by atoms with Crippen LogP contribution in [-0.4, -0.2) is 28.2 Å². The predicted molar refractivity (Wildman–Crippen MR) is 141 cm³/mol. The molecule has 0 aromatic heterocycles. The average Bonchev–Trinajstić information content (AvgIpc) is 2.82. The van der Waals surface area contributed by atoms with Gasteiger partial charge in [-0.3, -0.25) is 0 Å². The van der Waals surface area contributed by atoms with Gasteiger partial charge in [-0.1, -0.05) is 72.8 Å². The van der Waals surface area contributed by atoms with Crippen molar-refractivity contribution in [2.75, 3.05) is 38.0 Å². The van der Waals surface area contributed by atoms with Crippen molar-refractivity contribution in [3.8, 4) is 22.3 Å². The largest absolute Gasteiger partial charge is 0.378 e. The highest BCUT2D eigenvalue weighted by Gasteiger charge is 2.18. The molecule has 158 valence electrons. The van der Waals surface area contributed by atoms with E-state index in [1.54, 1.807) is 0 Å². The van der Waals surface area contributed by atoms with Crippen molar-refractivity contribution < 1.29 is 0 Å². The Kier molecular flexibility index (Phi) is 5.07. The van der Waals surface area contributed by atoms with Crippen LogP contribution in [0.2, 0.25) is 0 Å². The molecular formula is C30H28N2. The van der Waals surface area contributed by atoms with Crippen molar-refractivity contribution >= 4 is 32.9 Å². The molecule has 0 spiro atoms. The van der Waals surface area contributed by atoms with E-state index in [0.29, 0.717) is 0 Å². The molecule has 0 amide bonds. The van der Waals surface area contributed by atoms with Gasteiger partial charge in [-0.15, -0.1) is 0 Å². The number of anilines is 2. The van der Waals surface area contributed by atoms with Gasteiger partial charge in [0.1, 0.15) is 0 Å². The lowest BCUT2D eigenvalue weighted by Crippen LogP contribution is -2.09. The molecule has 0 heterocycles. The van der Waals surface area contributed by atoms with Gasteiger partial charge in [0.15, 0.2) is 0 Å². The van der Waals surface area contributed by atoms with Crippen molar-refractivity contribution in [2.24, 2.45) is 0 Å². The van der Waals surface area contributed by atoms with E-state index in [-0.39, 0.29) is 0 Å². The fourth-order valence-corrected chi connectivity index (χ4v) is 4.59. The molecule has 0 bridgehead atoms. The summed E-state index contributed by atoms with van der Waals surface area (Å²) < 4.78 is 0. The molecule has 0 aliphatic carbocycles. The van der Waals surface area contributed by atoms with Gasteiger partial charge < -0.3 is 9.80 Å². The topological polar surface area (TPSA) is 6.48 Å². The number of rotatable bonds is 4. The lowest BCUT2D eigenvalue weighted by Gasteiger charge is -2.22. The van der Waals surface area contributed by atoms with Crippen molar-refractivity contribution in [1.82, 2.24) is 0 Å². The lowest BCUT2D eigenvalue weighted by molar-refractivity contribution is 1.13. The van der Waals surface area contributed by atoms with E-state index >= 15 is 0 Å². The molecule has 0 saturated heterocycles. The van der Waals surface area contributed by atoms with Gasteiger partial charge in [-0.25, -0.2) is 0 Å². The lowest BCUT2D eigenvalue weighted by atomic mass is 9.85. The maximum atomic E-state index is 2.34. The maximum absolute atomic E-state index is 2.34. The Bertz CT molecular complexity index is 1290. The van der Waals surface area contributed by atoms with Crippen molar-refractivity contribution in [1.29, 1.82) is 0 Å². The molecule has 32 heavy (non-hydrogen) atoms. The van der Waals surface area contributed by atoms with Crippen molar-refractivity contribution in [3.63, 3.8) is 0 Å². The molecule has 0 N–H and O–H groups in total. The van der Waals surface area contributed by atoms with Crippen LogP contribution in [0.3, 0.4) is 0 Å². The fraction of sp³-hybridized carbons (Fsp3) is 0.133. The second-order valence-electron chi connectivity index (χ2n) is 8.73. The summed E-state index contributed by atoms with van der Waals surface area (Å²) in [5, 5.41) is 5.13. The number of benzene rings is 5. The van der Waals surface area contributed by atoms with E-state index in [1.165, 1.54) is 55.2 Å². The summed E-state index contributed by atoms with van der Waals surface area (Å²) in [6.45, 7) is 0. The van der Waals surface area contributed by atoms with Crippen LogP contribution in [0.4, 0.5) is 11.4 Å². The summed E-state index contributed by atoms with van der Waals surface area (Å²) in [4.78, 5) is 4.35. The molecule has 0 atom stereocenters. The van der Waals surface area contributed by atoms with E-state index in [0.717, 1.165) is 0 Å². The zero-order chi connectivity index (χ0) is 22.2. The van der Waals surface area contributed by atoms with Gasteiger partial charge >= 0.3 is 0 Å². The standard InChI is InChI=1S/C30H28N2/c1-31(2)23-15-17-25-27(19-23)29(21-11-7-5-8-12-21)26-18-16-24(32(3)4)20-28(26)30(25)22-13-9-6-10-14-22/h5-20H,1-4H3. The van der Waals surface area contributed by atoms with E-state index in [2.05, 4.69) is 135 Å². The number of fused-ring (bicyclic) bond motifs is 2. The molecule has 0 aliphatic rings. The third-order valence-corrected chi connectivity index (χ3v) is 6.24. The average molecular weight is 417 g/mol. The second kappa shape index (κ2) is 8.05. The molecule has 5 aromatic rings. The summed E-state index contributed by atoms with van der Waals surface area (Å²) in [7, 11) is 8.41. The van der Waals surface area contributed by atoms with Crippen LogP contribution in [-0.2, 0) is 0 Å². The van der Waals surface area contributed by atoms with Crippen LogP contribution in [0, 0.1) is 0 Å². The maximum Gasteiger partial charge on any atom is 0.0367 e. The van der Waals surface area contributed by atoms with Crippen LogP contribution in [0.15, 0.2) is 97.1 Å². The van der Waals surface area contributed by atoms with Gasteiger partial charge in [-0.05, 0) is 68.1 Å². The molecule has 0 fully saturated rings. The van der Waals surface area contributed by atoms with Crippen molar-refractivity contribution in [3.05, 3.63) is 97.1 Å². The zero-order valence-electron chi connectivity index (χ0n) is 19.1. The van der Waals surface area contributed by atoms with E-state index < -0.39 is 0 Å². The summed E-state index contributed by atoms with van der Waals surface area (Å²) in [5.74, 6) is 0. The second-order valence-corrected chi connectivity index (χ2v) is 8.73. The highest BCUT2D eigenvalue weighted by Crippen LogP contribution is 2.45. The summed E-state index contributed by atoms with van der Waals surface area (Å²) in [6.07, 6.45) is 0. The predicted octanol–water partition coefficient (Wildman–Crippen LogP) is 7.46. The minimum Gasteiger partial charge on any atom is -0.378 e. The quantitative estimate of drug-likeness (QED) is 0.281. The van der Waals surface area contributed by atoms with Crippen LogP contribution < -0.4 is 9.80 Å². The van der Waals surface area contributed by atoms with Crippen LogP contribution in [0.25, 0.3) is 43.8 Å². The fourth-order valence-electron chi connectivity index (χ4n) is 4.59. The summed E-state index contributed by atoms with van der Waals surface area (Å²) in [5.41, 5.74) is 7.50. The first-order valence-electron chi connectivity index (χ1n) is 11.0. The Balaban J connectivity index is 2.02. The SMILES string of the molecule is CN(C)c1ccc2c(-c3ccccc3)c3cc(N(C)C)ccc3c(-c3ccccc3)c2c1. The Labute approximate surface area is 190 Å². The van der Waals surface area contributed by atoms with Crippen LogP contribution in [0.1, 0.15) is 0 Å².